The third-order valence-electron chi connectivity index (χ3n) is 4.70. The number of morpholine rings is 1. The van der Waals surface area contributed by atoms with Gasteiger partial charge in [0.1, 0.15) is 17.8 Å². The number of nitrogens with zero attached hydrogens (tertiary/aromatic N) is 4. The second-order valence-electron chi connectivity index (χ2n) is 6.57. The van der Waals surface area contributed by atoms with Crippen molar-refractivity contribution in [3.63, 3.8) is 0 Å². The highest BCUT2D eigenvalue weighted by Gasteiger charge is 2.21. The van der Waals surface area contributed by atoms with E-state index in [0.717, 1.165) is 11.3 Å². The Morgan fingerprint density at radius 3 is 2.36 bits per heavy atom. The van der Waals surface area contributed by atoms with E-state index in [-0.39, 0.29) is 5.91 Å². The first-order chi connectivity index (χ1) is 13.8. The Balaban J connectivity index is 1.65. The number of carbonyl (C=O) groups excluding carboxylic acids is 1. The van der Waals surface area contributed by atoms with Crippen LogP contribution < -0.4 is 4.90 Å². The molecule has 1 aromatic heterocycles. The van der Waals surface area contributed by atoms with Crippen molar-refractivity contribution in [3.8, 4) is 0 Å². The predicted molar refractivity (Wildman–Crippen MR) is 107 cm³/mol. The maximum atomic E-state index is 12.8. The number of hydrogen-bond donors (Lipinski definition) is 0. The van der Waals surface area contributed by atoms with Crippen LogP contribution in [0.25, 0.3) is 0 Å². The molecule has 28 heavy (non-hydrogen) atoms. The summed E-state index contributed by atoms with van der Waals surface area (Å²) in [5.41, 5.74) is 2.57. The van der Waals surface area contributed by atoms with Gasteiger partial charge in [0.2, 0.25) is 0 Å². The monoisotopic (exact) mass is 374 g/mol. The van der Waals surface area contributed by atoms with E-state index in [4.69, 9.17) is 4.74 Å². The molecule has 0 atom stereocenters. The minimum Gasteiger partial charge on any atom is -0.378 e. The summed E-state index contributed by atoms with van der Waals surface area (Å²) < 4.78 is 5.34. The number of aromatic nitrogens is 2. The van der Waals surface area contributed by atoms with Crippen LogP contribution in [0.4, 0.5) is 11.5 Å². The Morgan fingerprint density at radius 1 is 0.964 bits per heavy atom. The van der Waals surface area contributed by atoms with Crippen LogP contribution in [0.3, 0.4) is 0 Å². The first-order valence-electron chi connectivity index (χ1n) is 9.37. The Kier molecular flexibility index (Phi) is 5.58. The fourth-order valence-electron chi connectivity index (χ4n) is 3.22. The van der Waals surface area contributed by atoms with Crippen LogP contribution in [0.5, 0.6) is 0 Å². The molecule has 142 valence electrons. The van der Waals surface area contributed by atoms with Gasteiger partial charge in [-0.1, -0.05) is 48.5 Å². The number of carbonyl (C=O) groups is 1. The van der Waals surface area contributed by atoms with E-state index in [0.29, 0.717) is 44.4 Å². The van der Waals surface area contributed by atoms with Gasteiger partial charge in [0, 0.05) is 31.4 Å². The zero-order valence-corrected chi connectivity index (χ0v) is 15.6. The van der Waals surface area contributed by atoms with Gasteiger partial charge >= 0.3 is 0 Å². The molecule has 0 aliphatic carbocycles. The van der Waals surface area contributed by atoms with E-state index < -0.39 is 0 Å². The van der Waals surface area contributed by atoms with Gasteiger partial charge < -0.3 is 14.5 Å². The zero-order chi connectivity index (χ0) is 19.2. The first-order valence-corrected chi connectivity index (χ1v) is 9.37. The van der Waals surface area contributed by atoms with Gasteiger partial charge in [-0.3, -0.25) is 4.79 Å². The molecule has 0 N–H and O–H groups in total. The normalized spacial score (nSPS) is 13.9. The van der Waals surface area contributed by atoms with Crippen molar-refractivity contribution in [1.29, 1.82) is 0 Å². The van der Waals surface area contributed by atoms with E-state index in [9.17, 15) is 4.79 Å². The second-order valence-corrected chi connectivity index (χ2v) is 6.57. The molecule has 1 amide bonds. The predicted octanol–water partition coefficient (Wildman–Crippen LogP) is 3.29. The molecular formula is C22H22N4O2. The molecule has 6 nitrogen and oxygen atoms in total. The van der Waals surface area contributed by atoms with Gasteiger partial charge in [0.25, 0.3) is 5.91 Å². The average molecular weight is 374 g/mol. The van der Waals surface area contributed by atoms with E-state index >= 15 is 0 Å². The van der Waals surface area contributed by atoms with Crippen LogP contribution in [-0.2, 0) is 11.3 Å². The van der Waals surface area contributed by atoms with Crippen molar-refractivity contribution in [2.24, 2.45) is 0 Å². The number of anilines is 2. The smallest absolute Gasteiger partial charge is 0.272 e. The summed E-state index contributed by atoms with van der Waals surface area (Å²) in [6.45, 7) is 2.95. The summed E-state index contributed by atoms with van der Waals surface area (Å²) >= 11 is 0. The molecule has 6 heteroatoms. The van der Waals surface area contributed by atoms with Gasteiger partial charge in [-0.15, -0.1) is 0 Å². The summed E-state index contributed by atoms with van der Waals surface area (Å²) in [5, 5.41) is 0. The minimum absolute atomic E-state index is 0.0836. The third kappa shape index (κ3) is 4.18. The second kappa shape index (κ2) is 8.63. The Hall–Kier alpha value is -3.25. The number of rotatable bonds is 5. The summed E-state index contributed by atoms with van der Waals surface area (Å²) in [4.78, 5) is 25.4. The van der Waals surface area contributed by atoms with Gasteiger partial charge in [-0.25, -0.2) is 9.97 Å². The largest absolute Gasteiger partial charge is 0.378 e. The fraction of sp³-hybridized carbons (Fsp3) is 0.227. The lowest BCUT2D eigenvalue weighted by atomic mass is 10.2. The maximum Gasteiger partial charge on any atom is 0.272 e. The Morgan fingerprint density at radius 2 is 1.64 bits per heavy atom. The van der Waals surface area contributed by atoms with Gasteiger partial charge in [0.05, 0.1) is 13.2 Å². The minimum atomic E-state index is -0.0836. The average Bonchev–Trinajstić information content (AvgIpc) is 2.79. The van der Waals surface area contributed by atoms with Crippen LogP contribution in [0.1, 0.15) is 16.1 Å². The van der Waals surface area contributed by atoms with Crippen molar-refractivity contribution in [3.05, 3.63) is 84.3 Å². The standard InChI is InChI=1S/C22H22N4O2/c27-22(25-11-13-28-14-12-25)20-15-21(24-17-23-20)26(19-9-5-2-6-10-19)16-18-7-3-1-4-8-18/h1-10,15,17H,11-14,16H2. The first kappa shape index (κ1) is 18.1. The van der Waals surface area contributed by atoms with Crippen LogP contribution in [0.15, 0.2) is 73.1 Å². The molecule has 1 fully saturated rings. The van der Waals surface area contributed by atoms with Crippen molar-refractivity contribution in [2.75, 3.05) is 31.2 Å². The van der Waals surface area contributed by atoms with Crippen LogP contribution >= 0.6 is 0 Å². The Bertz CT molecular complexity index is 912. The molecule has 2 aromatic carbocycles. The van der Waals surface area contributed by atoms with Crippen LogP contribution in [0, 0.1) is 0 Å². The Labute approximate surface area is 164 Å². The molecular weight excluding hydrogens is 352 g/mol. The lowest BCUT2D eigenvalue weighted by Gasteiger charge is -2.27. The number of amides is 1. The molecule has 2 heterocycles. The topological polar surface area (TPSA) is 58.6 Å². The molecule has 0 saturated carbocycles. The molecule has 0 radical (unpaired) electrons. The van der Waals surface area contributed by atoms with Gasteiger partial charge in [-0.05, 0) is 17.7 Å². The number of hydrogen-bond acceptors (Lipinski definition) is 5. The van der Waals surface area contributed by atoms with Crippen molar-refractivity contribution in [2.45, 2.75) is 6.54 Å². The van der Waals surface area contributed by atoms with Crippen molar-refractivity contribution < 1.29 is 9.53 Å². The number of ether oxygens (including phenoxy) is 1. The number of benzene rings is 2. The summed E-state index contributed by atoms with van der Waals surface area (Å²) in [5.74, 6) is 0.612. The SMILES string of the molecule is O=C(c1cc(N(Cc2ccccc2)c2ccccc2)ncn1)N1CCOCC1. The summed E-state index contributed by atoms with van der Waals surface area (Å²) in [6.07, 6.45) is 1.46. The molecule has 1 aliphatic rings. The maximum absolute atomic E-state index is 12.8. The highest BCUT2D eigenvalue weighted by molar-refractivity contribution is 5.93. The highest BCUT2D eigenvalue weighted by atomic mass is 16.5. The van der Waals surface area contributed by atoms with Gasteiger partial charge in [0.15, 0.2) is 0 Å². The van der Waals surface area contributed by atoms with Crippen molar-refractivity contribution >= 4 is 17.4 Å². The van der Waals surface area contributed by atoms with Crippen molar-refractivity contribution in [1.82, 2.24) is 14.9 Å². The molecule has 0 bridgehead atoms. The van der Waals surface area contributed by atoms with E-state index in [1.165, 1.54) is 6.33 Å². The molecule has 1 saturated heterocycles. The van der Waals surface area contributed by atoms with E-state index in [2.05, 4.69) is 27.0 Å². The molecule has 0 spiro atoms. The highest BCUT2D eigenvalue weighted by Crippen LogP contribution is 2.26. The molecule has 1 aliphatic heterocycles. The number of para-hydroxylation sites is 1. The fourth-order valence-corrected chi connectivity index (χ4v) is 3.22. The van der Waals surface area contributed by atoms with E-state index in [1.807, 2.05) is 48.5 Å². The molecule has 3 aromatic rings. The van der Waals surface area contributed by atoms with E-state index in [1.54, 1.807) is 11.0 Å². The third-order valence-corrected chi connectivity index (χ3v) is 4.70. The molecule has 0 unspecified atom stereocenters. The quantitative estimate of drug-likeness (QED) is 0.686. The van der Waals surface area contributed by atoms with Crippen LogP contribution in [-0.4, -0.2) is 47.1 Å². The lowest BCUT2D eigenvalue weighted by Crippen LogP contribution is -2.41. The van der Waals surface area contributed by atoms with Gasteiger partial charge in [-0.2, -0.15) is 0 Å². The molecule has 4 rings (SSSR count). The summed E-state index contributed by atoms with van der Waals surface area (Å²) in [7, 11) is 0. The summed E-state index contributed by atoms with van der Waals surface area (Å²) in [6, 6.07) is 22.0. The lowest BCUT2D eigenvalue weighted by molar-refractivity contribution is 0.0299. The van der Waals surface area contributed by atoms with Crippen LogP contribution in [0.2, 0.25) is 0 Å². The zero-order valence-electron chi connectivity index (χ0n) is 15.6.